The number of nitrogens with two attached hydrogens (primary N) is 1. The predicted octanol–water partition coefficient (Wildman–Crippen LogP) is 1.54. The van der Waals surface area contributed by atoms with Crippen molar-refractivity contribution in [2.75, 3.05) is 6.54 Å². The van der Waals surface area contributed by atoms with E-state index in [4.69, 9.17) is 18.0 Å². The summed E-state index contributed by atoms with van der Waals surface area (Å²) in [7, 11) is -3.25. The molecule has 0 radical (unpaired) electrons. The second-order valence-electron chi connectivity index (χ2n) is 4.97. The third-order valence-electron chi connectivity index (χ3n) is 3.41. The molecule has 0 aliphatic heterocycles. The third-order valence-corrected chi connectivity index (χ3v) is 4.97. The van der Waals surface area contributed by atoms with Crippen molar-refractivity contribution in [3.63, 3.8) is 0 Å². The average Bonchev–Trinajstić information content (AvgIpc) is 2.26. The van der Waals surface area contributed by atoms with Gasteiger partial charge in [-0.1, -0.05) is 42.9 Å². The summed E-state index contributed by atoms with van der Waals surface area (Å²) in [5.74, 6) is 0.518. The summed E-state index contributed by atoms with van der Waals surface area (Å²) >= 11 is 4.85. The van der Waals surface area contributed by atoms with Crippen LogP contribution in [-0.4, -0.2) is 20.0 Å². The maximum atomic E-state index is 11.9. The van der Waals surface area contributed by atoms with E-state index in [0.717, 1.165) is 24.0 Å². The molecule has 0 heterocycles. The van der Waals surface area contributed by atoms with Gasteiger partial charge in [-0.2, -0.15) is 0 Å². The van der Waals surface area contributed by atoms with E-state index in [1.807, 2.05) is 0 Å². The van der Waals surface area contributed by atoms with Crippen molar-refractivity contribution in [2.45, 2.75) is 25.0 Å². The highest BCUT2D eigenvalue weighted by Gasteiger charge is 2.20. The average molecular weight is 298 g/mol. The number of benzene rings is 1. The summed E-state index contributed by atoms with van der Waals surface area (Å²) in [6.45, 7) is 0.563. The maximum Gasteiger partial charge on any atom is 0.215 e. The zero-order valence-corrected chi connectivity index (χ0v) is 12.3. The summed E-state index contributed by atoms with van der Waals surface area (Å²) < 4.78 is 26.5. The lowest BCUT2D eigenvalue weighted by Crippen LogP contribution is -2.33. The zero-order chi connectivity index (χ0) is 13.9. The normalized spacial score (nSPS) is 16.0. The van der Waals surface area contributed by atoms with E-state index in [0.29, 0.717) is 17.5 Å². The van der Waals surface area contributed by atoms with E-state index in [1.165, 1.54) is 6.42 Å². The number of hydrogen-bond donors (Lipinski definition) is 2. The SMILES string of the molecule is NC(=S)c1ccc(CS(=O)(=O)NCC2CCC2)cc1. The smallest absolute Gasteiger partial charge is 0.215 e. The number of rotatable bonds is 6. The largest absolute Gasteiger partial charge is 0.389 e. The lowest BCUT2D eigenvalue weighted by Gasteiger charge is -2.25. The third kappa shape index (κ3) is 4.26. The summed E-state index contributed by atoms with van der Waals surface area (Å²) in [6.07, 6.45) is 3.48. The number of sulfonamides is 1. The van der Waals surface area contributed by atoms with Crippen LogP contribution in [0, 0.1) is 5.92 Å². The van der Waals surface area contributed by atoms with E-state index in [2.05, 4.69) is 4.72 Å². The van der Waals surface area contributed by atoms with Crippen LogP contribution in [0.4, 0.5) is 0 Å². The van der Waals surface area contributed by atoms with E-state index in [9.17, 15) is 8.42 Å². The van der Waals surface area contributed by atoms with Gasteiger partial charge in [0.05, 0.1) is 5.75 Å². The second-order valence-corrected chi connectivity index (χ2v) is 7.21. The molecule has 1 fully saturated rings. The van der Waals surface area contributed by atoms with Crippen LogP contribution >= 0.6 is 12.2 Å². The van der Waals surface area contributed by atoms with Gasteiger partial charge in [-0.05, 0) is 24.3 Å². The maximum absolute atomic E-state index is 11.9. The van der Waals surface area contributed by atoms with Crippen molar-refractivity contribution in [1.29, 1.82) is 0 Å². The quantitative estimate of drug-likeness (QED) is 0.782. The standard InChI is InChI=1S/C13H18N2O2S2/c14-13(18)12-6-4-11(5-7-12)9-19(16,17)15-8-10-2-1-3-10/h4-7,10,15H,1-3,8-9H2,(H2,14,18). The van der Waals surface area contributed by atoms with E-state index in [-0.39, 0.29) is 5.75 Å². The lowest BCUT2D eigenvalue weighted by atomic mass is 9.86. The molecule has 0 unspecified atom stereocenters. The van der Waals surface area contributed by atoms with Gasteiger partial charge in [-0.15, -0.1) is 0 Å². The lowest BCUT2D eigenvalue weighted by molar-refractivity contribution is 0.316. The first-order valence-electron chi connectivity index (χ1n) is 6.32. The fraction of sp³-hybridized carbons (Fsp3) is 0.462. The molecule has 2 rings (SSSR count). The Bertz CT molecular complexity index is 549. The topological polar surface area (TPSA) is 72.2 Å². The van der Waals surface area contributed by atoms with Gasteiger partial charge >= 0.3 is 0 Å². The Hall–Kier alpha value is -0.980. The van der Waals surface area contributed by atoms with Crippen molar-refractivity contribution >= 4 is 27.2 Å². The summed E-state index contributed by atoms with van der Waals surface area (Å²) in [5, 5.41) is 0. The first-order chi connectivity index (χ1) is 8.96. The van der Waals surface area contributed by atoms with Crippen LogP contribution in [0.5, 0.6) is 0 Å². The van der Waals surface area contributed by atoms with E-state index >= 15 is 0 Å². The fourth-order valence-electron chi connectivity index (χ4n) is 1.98. The summed E-state index contributed by atoms with van der Waals surface area (Å²) in [5.41, 5.74) is 6.98. The minimum atomic E-state index is -3.25. The summed E-state index contributed by atoms with van der Waals surface area (Å²) in [4.78, 5) is 0.317. The van der Waals surface area contributed by atoms with Gasteiger partial charge in [0, 0.05) is 12.1 Å². The van der Waals surface area contributed by atoms with E-state index < -0.39 is 10.0 Å². The molecule has 0 aromatic heterocycles. The van der Waals surface area contributed by atoms with Gasteiger partial charge in [0.25, 0.3) is 0 Å². The van der Waals surface area contributed by atoms with Gasteiger partial charge in [0.15, 0.2) is 0 Å². The van der Waals surface area contributed by atoms with Gasteiger partial charge in [-0.25, -0.2) is 13.1 Å². The van der Waals surface area contributed by atoms with Gasteiger partial charge in [0.2, 0.25) is 10.0 Å². The van der Waals surface area contributed by atoms with Crippen LogP contribution in [0.2, 0.25) is 0 Å². The van der Waals surface area contributed by atoms with Crippen LogP contribution < -0.4 is 10.5 Å². The number of hydrogen-bond acceptors (Lipinski definition) is 3. The fourth-order valence-corrected chi connectivity index (χ4v) is 3.34. The molecular formula is C13H18N2O2S2. The minimum Gasteiger partial charge on any atom is -0.389 e. The molecule has 3 N–H and O–H groups in total. The Labute approximate surface area is 119 Å². The van der Waals surface area contributed by atoms with Crippen LogP contribution in [0.1, 0.15) is 30.4 Å². The predicted molar refractivity (Wildman–Crippen MR) is 80.3 cm³/mol. The Balaban J connectivity index is 1.92. The molecule has 1 aromatic rings. The Morgan fingerprint density at radius 2 is 1.95 bits per heavy atom. The molecule has 0 bridgehead atoms. The highest BCUT2D eigenvalue weighted by atomic mass is 32.2. The van der Waals surface area contributed by atoms with Gasteiger partial charge in [-0.3, -0.25) is 0 Å². The summed E-state index contributed by atoms with van der Waals surface area (Å²) in [6, 6.07) is 6.99. The monoisotopic (exact) mass is 298 g/mol. The molecule has 1 saturated carbocycles. The molecule has 4 nitrogen and oxygen atoms in total. The Morgan fingerprint density at radius 1 is 1.32 bits per heavy atom. The van der Waals surface area contributed by atoms with Crippen molar-refractivity contribution in [3.05, 3.63) is 35.4 Å². The highest BCUT2D eigenvalue weighted by molar-refractivity contribution is 7.88. The van der Waals surface area contributed by atoms with Crippen LogP contribution in [0.15, 0.2) is 24.3 Å². The number of nitrogens with one attached hydrogen (secondary N) is 1. The molecule has 6 heteroatoms. The van der Waals surface area contributed by atoms with Gasteiger partial charge < -0.3 is 5.73 Å². The van der Waals surface area contributed by atoms with Crippen molar-refractivity contribution in [3.8, 4) is 0 Å². The highest BCUT2D eigenvalue weighted by Crippen LogP contribution is 2.25. The zero-order valence-electron chi connectivity index (χ0n) is 10.6. The van der Waals surface area contributed by atoms with Crippen molar-refractivity contribution < 1.29 is 8.42 Å². The molecular weight excluding hydrogens is 280 g/mol. The molecule has 1 aliphatic carbocycles. The molecule has 1 aliphatic rings. The first kappa shape index (κ1) is 14.4. The van der Waals surface area contributed by atoms with Crippen molar-refractivity contribution in [2.24, 2.45) is 11.7 Å². The molecule has 104 valence electrons. The van der Waals surface area contributed by atoms with Crippen molar-refractivity contribution in [1.82, 2.24) is 4.72 Å². The molecule has 19 heavy (non-hydrogen) atoms. The molecule has 0 atom stereocenters. The number of thiocarbonyl (C=S) groups is 1. The van der Waals surface area contributed by atoms with E-state index in [1.54, 1.807) is 24.3 Å². The molecule has 0 spiro atoms. The van der Waals surface area contributed by atoms with Gasteiger partial charge in [0.1, 0.15) is 4.99 Å². The van der Waals surface area contributed by atoms with Crippen LogP contribution in [0.3, 0.4) is 0 Å². The second kappa shape index (κ2) is 5.98. The Kier molecular flexibility index (Phi) is 4.54. The minimum absolute atomic E-state index is 0.00265. The molecule has 1 aromatic carbocycles. The van der Waals surface area contributed by atoms with Crippen LogP contribution in [-0.2, 0) is 15.8 Å². The van der Waals surface area contributed by atoms with Crippen LogP contribution in [0.25, 0.3) is 0 Å². The molecule has 0 amide bonds. The first-order valence-corrected chi connectivity index (χ1v) is 8.38. The Morgan fingerprint density at radius 3 is 2.42 bits per heavy atom. The molecule has 0 saturated heterocycles.